The number of nitrogens with one attached hydrogen (secondary N) is 1. The zero-order chi connectivity index (χ0) is 30.1. The Bertz CT molecular complexity index is 1400. The van der Waals surface area contributed by atoms with Crippen molar-refractivity contribution >= 4 is 33.4 Å². The van der Waals surface area contributed by atoms with Gasteiger partial charge in [-0.2, -0.15) is 0 Å². The molecule has 0 aromatic heterocycles. The van der Waals surface area contributed by atoms with Crippen LogP contribution in [0.2, 0.25) is 0 Å². The van der Waals surface area contributed by atoms with Gasteiger partial charge in [-0.15, -0.1) is 4.41 Å². The molecule has 1 spiro atoms. The summed E-state index contributed by atoms with van der Waals surface area (Å²) in [6, 6.07) is 12.3. The van der Waals surface area contributed by atoms with Gasteiger partial charge in [-0.3, -0.25) is 9.69 Å². The average Bonchev–Trinajstić information content (AvgIpc) is 3.42. The van der Waals surface area contributed by atoms with E-state index in [0.717, 1.165) is 36.8 Å². The molecule has 228 valence electrons. The summed E-state index contributed by atoms with van der Waals surface area (Å²) in [4.78, 5) is 29.0. The highest BCUT2D eigenvalue weighted by Crippen LogP contribution is 2.41. The molecule has 1 saturated carbocycles. The van der Waals surface area contributed by atoms with Gasteiger partial charge in [0.25, 0.3) is 10.0 Å². The predicted molar refractivity (Wildman–Crippen MR) is 165 cm³/mol. The number of hydrogen-bond donors (Lipinski definition) is 1. The lowest BCUT2D eigenvalue weighted by molar-refractivity contribution is -0.117. The van der Waals surface area contributed by atoms with Crippen molar-refractivity contribution in [2.75, 3.05) is 29.4 Å². The third kappa shape index (κ3) is 6.21. The van der Waals surface area contributed by atoms with Crippen molar-refractivity contribution in [3.8, 4) is 11.1 Å². The largest absolute Gasteiger partial charge is 0.446 e. The first-order valence-corrected chi connectivity index (χ1v) is 16.7. The van der Waals surface area contributed by atoms with Crippen LogP contribution < -0.4 is 15.2 Å². The fourth-order valence-electron chi connectivity index (χ4n) is 6.68. The molecule has 0 bridgehead atoms. The van der Waals surface area contributed by atoms with Crippen molar-refractivity contribution in [3.63, 3.8) is 0 Å². The van der Waals surface area contributed by atoms with Crippen LogP contribution in [0.3, 0.4) is 0 Å². The van der Waals surface area contributed by atoms with Crippen molar-refractivity contribution in [1.82, 2.24) is 9.84 Å². The van der Waals surface area contributed by atoms with Crippen LogP contribution in [0, 0.1) is 5.41 Å². The van der Waals surface area contributed by atoms with E-state index >= 15 is 0 Å². The van der Waals surface area contributed by atoms with Crippen molar-refractivity contribution in [3.05, 3.63) is 42.5 Å². The summed E-state index contributed by atoms with van der Waals surface area (Å²) in [6.07, 6.45) is 8.68. The van der Waals surface area contributed by atoms with Crippen molar-refractivity contribution in [1.29, 1.82) is 0 Å². The van der Waals surface area contributed by atoms with Crippen LogP contribution in [0.15, 0.2) is 47.4 Å². The molecule has 10 heteroatoms. The van der Waals surface area contributed by atoms with Gasteiger partial charge in [-0.25, -0.2) is 18.6 Å². The zero-order valence-electron chi connectivity index (χ0n) is 25.3. The van der Waals surface area contributed by atoms with Gasteiger partial charge in [-0.05, 0) is 74.4 Å². The molecule has 2 aromatic carbocycles. The molecule has 1 atom stereocenters. The Hall–Kier alpha value is -2.95. The molecule has 5 rings (SSSR count). The van der Waals surface area contributed by atoms with Crippen molar-refractivity contribution in [2.24, 2.45) is 5.41 Å². The van der Waals surface area contributed by atoms with Crippen LogP contribution in [0.5, 0.6) is 0 Å². The molecule has 42 heavy (non-hydrogen) atoms. The van der Waals surface area contributed by atoms with Gasteiger partial charge in [0.1, 0.15) is 0 Å². The molecule has 1 aliphatic carbocycles. The average molecular weight is 597 g/mol. The molecule has 1 N–H and O–H groups in total. The lowest BCUT2D eigenvalue weighted by Crippen LogP contribution is -2.51. The molecule has 2 aromatic rings. The number of rotatable bonds is 4. The monoisotopic (exact) mass is 596 g/mol. The first-order valence-electron chi connectivity index (χ1n) is 15.3. The second-order valence-corrected chi connectivity index (χ2v) is 14.3. The van der Waals surface area contributed by atoms with E-state index in [2.05, 4.69) is 5.43 Å². The standard InChI is InChI=1S/C32H44N4O5S/c1-23(2)41-31(38)34-20-24(3)36(25(4)37)29-16-13-27(19-30(29)34)26-11-14-28(15-12-26)42(39,40)35-22-32(21-33-35)17-9-7-5-6-8-10-18-32/h11-16,19,23-24,33H,5-10,17-18,20-22H2,1-4H3/t24-/m0/s1. The van der Waals surface area contributed by atoms with Crippen LogP contribution in [0.1, 0.15) is 79.1 Å². The molecule has 0 unspecified atom stereocenters. The van der Waals surface area contributed by atoms with Crippen LogP contribution in [0.25, 0.3) is 11.1 Å². The first-order chi connectivity index (χ1) is 20.0. The summed E-state index contributed by atoms with van der Waals surface area (Å²) in [6.45, 7) is 8.55. The molecule has 1 saturated heterocycles. The summed E-state index contributed by atoms with van der Waals surface area (Å²) < 4.78 is 34.2. The van der Waals surface area contributed by atoms with Gasteiger partial charge < -0.3 is 9.64 Å². The normalized spacial score (nSPS) is 21.5. The minimum Gasteiger partial charge on any atom is -0.446 e. The quantitative estimate of drug-likeness (QED) is 0.459. The first kappa shape index (κ1) is 30.5. The molecule has 9 nitrogen and oxygen atoms in total. The fraction of sp³-hybridized carbons (Fsp3) is 0.562. The topological polar surface area (TPSA) is 99.3 Å². The summed E-state index contributed by atoms with van der Waals surface area (Å²) in [5, 5.41) is 0. The maximum Gasteiger partial charge on any atom is 0.414 e. The van der Waals surface area contributed by atoms with Gasteiger partial charge in [0.15, 0.2) is 0 Å². The Morgan fingerprint density at radius 3 is 2.17 bits per heavy atom. The van der Waals surface area contributed by atoms with Gasteiger partial charge in [-0.1, -0.05) is 56.7 Å². The van der Waals surface area contributed by atoms with E-state index in [1.54, 1.807) is 47.9 Å². The van der Waals surface area contributed by atoms with Crippen molar-refractivity contribution in [2.45, 2.75) is 96.1 Å². The van der Waals surface area contributed by atoms with E-state index in [1.807, 2.05) is 25.1 Å². The fourth-order valence-corrected chi connectivity index (χ4v) is 8.09. The Labute approximate surface area is 250 Å². The Balaban J connectivity index is 1.39. The van der Waals surface area contributed by atoms with Gasteiger partial charge in [0, 0.05) is 26.6 Å². The van der Waals surface area contributed by atoms with Crippen LogP contribution >= 0.6 is 0 Å². The number of sulfonamides is 1. The number of carbonyl (C=O) groups excluding carboxylic acids is 2. The number of carbonyl (C=O) groups is 2. The number of hydrogen-bond acceptors (Lipinski definition) is 6. The molecule has 3 aliphatic rings. The van der Waals surface area contributed by atoms with Crippen molar-refractivity contribution < 1.29 is 22.7 Å². The summed E-state index contributed by atoms with van der Waals surface area (Å²) in [5.41, 5.74) is 6.07. The predicted octanol–water partition coefficient (Wildman–Crippen LogP) is 6.09. The Morgan fingerprint density at radius 1 is 0.929 bits per heavy atom. The molecule has 2 heterocycles. The SMILES string of the molecule is CC(=O)N1c2ccc(-c3ccc(S(=O)(=O)N4CC5(CCCCCCCC5)CN4)cc3)cc2N(C(=O)OC(C)C)C[C@@H]1C. The Morgan fingerprint density at radius 2 is 1.55 bits per heavy atom. The third-order valence-electron chi connectivity index (χ3n) is 8.86. The highest BCUT2D eigenvalue weighted by Gasteiger charge is 2.42. The Kier molecular flexibility index (Phi) is 8.97. The van der Waals surface area contributed by atoms with Crippen LogP contribution in [0.4, 0.5) is 16.2 Å². The summed E-state index contributed by atoms with van der Waals surface area (Å²) >= 11 is 0. The van der Waals surface area contributed by atoms with E-state index < -0.39 is 16.1 Å². The van der Waals surface area contributed by atoms with E-state index in [-0.39, 0.29) is 28.4 Å². The van der Waals surface area contributed by atoms with Gasteiger partial charge >= 0.3 is 6.09 Å². The number of hydrazine groups is 1. The summed E-state index contributed by atoms with van der Waals surface area (Å²) in [5.74, 6) is -0.102. The molecule has 2 fully saturated rings. The third-order valence-corrected chi connectivity index (χ3v) is 10.6. The smallest absolute Gasteiger partial charge is 0.414 e. The maximum absolute atomic E-state index is 13.6. The van der Waals surface area contributed by atoms with E-state index in [9.17, 15) is 18.0 Å². The number of anilines is 2. The van der Waals surface area contributed by atoms with Crippen LogP contribution in [-0.2, 0) is 19.6 Å². The number of nitrogens with zero attached hydrogens (tertiary/aromatic N) is 3. The second-order valence-electron chi connectivity index (χ2n) is 12.5. The minimum atomic E-state index is -3.70. The molecule has 2 amide bonds. The minimum absolute atomic E-state index is 0.00826. The molecule has 2 aliphatic heterocycles. The lowest BCUT2D eigenvalue weighted by Gasteiger charge is -2.40. The summed E-state index contributed by atoms with van der Waals surface area (Å²) in [7, 11) is -3.70. The molecular formula is C32H44N4O5S. The van der Waals surface area contributed by atoms with Gasteiger partial charge in [0.05, 0.1) is 28.4 Å². The van der Waals surface area contributed by atoms with E-state index in [1.165, 1.54) is 37.0 Å². The van der Waals surface area contributed by atoms with Gasteiger partial charge in [0.2, 0.25) is 5.91 Å². The highest BCUT2D eigenvalue weighted by molar-refractivity contribution is 7.89. The van der Waals surface area contributed by atoms with Crippen LogP contribution in [-0.4, -0.2) is 56.6 Å². The zero-order valence-corrected chi connectivity index (χ0v) is 26.1. The molecule has 0 radical (unpaired) electrons. The number of amides is 2. The van der Waals surface area contributed by atoms with E-state index in [0.29, 0.717) is 31.0 Å². The van der Waals surface area contributed by atoms with E-state index in [4.69, 9.17) is 4.74 Å². The number of ether oxygens (including phenoxy) is 1. The second kappa shape index (κ2) is 12.3. The molecular weight excluding hydrogens is 552 g/mol. The highest BCUT2D eigenvalue weighted by atomic mass is 32.2. The lowest BCUT2D eigenvalue weighted by atomic mass is 9.80. The number of fused-ring (bicyclic) bond motifs is 1. The maximum atomic E-state index is 13.6. The number of benzene rings is 2.